The second-order valence-corrected chi connectivity index (χ2v) is 6.43. The lowest BCUT2D eigenvalue weighted by Gasteiger charge is -2.22. The van der Waals surface area contributed by atoms with Crippen LogP contribution in [0.4, 0.5) is 4.39 Å². The number of hydrogen-bond donors (Lipinski definition) is 1. The molecular formula is C18H30FN. The maximum Gasteiger partial charge on any atom is 0.123 e. The molecular weight excluding hydrogens is 249 g/mol. The zero-order valence-corrected chi connectivity index (χ0v) is 13.5. The summed E-state index contributed by atoms with van der Waals surface area (Å²) in [6, 6.07) is 7.10. The predicted octanol–water partition coefficient (Wildman–Crippen LogP) is 4.98. The Morgan fingerprint density at radius 3 is 2.50 bits per heavy atom. The maximum absolute atomic E-state index is 13.4. The van der Waals surface area contributed by atoms with Crippen LogP contribution in [0.15, 0.2) is 24.3 Å². The van der Waals surface area contributed by atoms with E-state index in [1.807, 2.05) is 6.07 Å². The summed E-state index contributed by atoms with van der Waals surface area (Å²) >= 11 is 0. The summed E-state index contributed by atoms with van der Waals surface area (Å²) in [5.74, 6) is 1.62. The SMILES string of the molecule is CCCC(C)CC(CNCC(C)C)c1cccc(F)c1. The molecule has 0 fully saturated rings. The van der Waals surface area contributed by atoms with Crippen LogP contribution in [0, 0.1) is 17.7 Å². The van der Waals surface area contributed by atoms with Gasteiger partial charge in [0.05, 0.1) is 0 Å². The van der Waals surface area contributed by atoms with Crippen LogP contribution in [-0.2, 0) is 0 Å². The molecule has 0 amide bonds. The molecule has 0 aliphatic rings. The molecule has 2 atom stereocenters. The number of rotatable bonds is 9. The number of halogens is 1. The predicted molar refractivity (Wildman–Crippen MR) is 85.5 cm³/mol. The minimum atomic E-state index is -0.125. The first-order valence-corrected chi connectivity index (χ1v) is 7.99. The number of benzene rings is 1. The molecule has 1 aromatic rings. The third kappa shape index (κ3) is 6.51. The lowest BCUT2D eigenvalue weighted by atomic mass is 9.87. The van der Waals surface area contributed by atoms with Gasteiger partial charge in [0, 0.05) is 6.54 Å². The summed E-state index contributed by atoms with van der Waals surface area (Å²) in [7, 11) is 0. The summed E-state index contributed by atoms with van der Waals surface area (Å²) in [5.41, 5.74) is 1.13. The fourth-order valence-electron chi connectivity index (χ4n) is 2.74. The maximum atomic E-state index is 13.4. The van der Waals surface area contributed by atoms with Crippen molar-refractivity contribution in [3.8, 4) is 0 Å². The van der Waals surface area contributed by atoms with E-state index in [1.54, 1.807) is 6.07 Å². The number of nitrogens with one attached hydrogen (secondary N) is 1. The van der Waals surface area contributed by atoms with Gasteiger partial charge in [-0.05, 0) is 48.4 Å². The molecule has 114 valence electrons. The molecule has 0 spiro atoms. The Kier molecular flexibility index (Phi) is 7.83. The average molecular weight is 279 g/mol. The molecule has 0 aliphatic heterocycles. The Bertz CT molecular complexity index is 375. The molecule has 1 rings (SSSR count). The van der Waals surface area contributed by atoms with Crippen LogP contribution in [0.5, 0.6) is 0 Å². The van der Waals surface area contributed by atoms with Gasteiger partial charge >= 0.3 is 0 Å². The minimum absolute atomic E-state index is 0.125. The molecule has 0 saturated carbocycles. The van der Waals surface area contributed by atoms with Gasteiger partial charge in [-0.3, -0.25) is 0 Å². The normalized spacial score (nSPS) is 14.5. The second-order valence-electron chi connectivity index (χ2n) is 6.43. The van der Waals surface area contributed by atoms with Gasteiger partial charge in [0.15, 0.2) is 0 Å². The molecule has 2 unspecified atom stereocenters. The molecule has 1 nitrogen and oxygen atoms in total. The van der Waals surface area contributed by atoms with E-state index in [9.17, 15) is 4.39 Å². The Labute approximate surface area is 124 Å². The van der Waals surface area contributed by atoms with Crippen LogP contribution in [0.2, 0.25) is 0 Å². The van der Waals surface area contributed by atoms with Crippen molar-refractivity contribution >= 4 is 0 Å². The number of hydrogen-bond acceptors (Lipinski definition) is 1. The molecule has 0 heterocycles. The molecule has 1 aromatic carbocycles. The van der Waals surface area contributed by atoms with E-state index in [0.29, 0.717) is 17.8 Å². The van der Waals surface area contributed by atoms with Crippen molar-refractivity contribution in [3.63, 3.8) is 0 Å². The fraction of sp³-hybridized carbons (Fsp3) is 0.667. The van der Waals surface area contributed by atoms with E-state index in [4.69, 9.17) is 0 Å². The van der Waals surface area contributed by atoms with Crippen LogP contribution in [0.25, 0.3) is 0 Å². The largest absolute Gasteiger partial charge is 0.316 e. The molecule has 0 saturated heterocycles. The Hall–Kier alpha value is -0.890. The van der Waals surface area contributed by atoms with Crippen LogP contribution in [0.3, 0.4) is 0 Å². The lowest BCUT2D eigenvalue weighted by molar-refractivity contribution is 0.411. The van der Waals surface area contributed by atoms with E-state index in [1.165, 1.54) is 18.9 Å². The van der Waals surface area contributed by atoms with Gasteiger partial charge in [-0.2, -0.15) is 0 Å². The van der Waals surface area contributed by atoms with Gasteiger partial charge in [0.2, 0.25) is 0 Å². The van der Waals surface area contributed by atoms with Gasteiger partial charge in [-0.25, -0.2) is 4.39 Å². The molecule has 0 aliphatic carbocycles. The van der Waals surface area contributed by atoms with Crippen molar-refractivity contribution in [2.75, 3.05) is 13.1 Å². The summed E-state index contributed by atoms with van der Waals surface area (Å²) in [6.07, 6.45) is 3.59. The van der Waals surface area contributed by atoms with Crippen molar-refractivity contribution in [1.29, 1.82) is 0 Å². The van der Waals surface area contributed by atoms with Crippen molar-refractivity contribution in [3.05, 3.63) is 35.6 Å². The Balaban J connectivity index is 2.67. The monoisotopic (exact) mass is 279 g/mol. The highest BCUT2D eigenvalue weighted by Crippen LogP contribution is 2.26. The molecule has 0 bridgehead atoms. The summed E-state index contributed by atoms with van der Waals surface area (Å²) in [4.78, 5) is 0. The van der Waals surface area contributed by atoms with Crippen molar-refractivity contribution < 1.29 is 4.39 Å². The van der Waals surface area contributed by atoms with Crippen LogP contribution in [0.1, 0.15) is 58.4 Å². The summed E-state index contributed by atoms with van der Waals surface area (Å²) < 4.78 is 13.4. The first-order chi connectivity index (χ1) is 9.52. The summed E-state index contributed by atoms with van der Waals surface area (Å²) in [5, 5.41) is 3.53. The Morgan fingerprint density at radius 2 is 1.90 bits per heavy atom. The molecule has 2 heteroatoms. The standard InChI is InChI=1S/C18H30FN/c1-5-7-15(4)10-17(13-20-12-14(2)3)16-8-6-9-18(19)11-16/h6,8-9,11,14-15,17,20H,5,7,10,12-13H2,1-4H3. The molecule has 1 N–H and O–H groups in total. The smallest absolute Gasteiger partial charge is 0.123 e. The second kappa shape index (κ2) is 9.12. The average Bonchev–Trinajstić information content (AvgIpc) is 2.37. The highest BCUT2D eigenvalue weighted by Gasteiger charge is 2.15. The van der Waals surface area contributed by atoms with Crippen LogP contribution >= 0.6 is 0 Å². The first kappa shape index (κ1) is 17.2. The zero-order valence-electron chi connectivity index (χ0n) is 13.5. The van der Waals surface area contributed by atoms with E-state index < -0.39 is 0 Å². The fourth-order valence-corrected chi connectivity index (χ4v) is 2.74. The summed E-state index contributed by atoms with van der Waals surface area (Å²) in [6.45, 7) is 10.9. The van der Waals surface area contributed by atoms with Crippen LogP contribution in [-0.4, -0.2) is 13.1 Å². The molecule has 0 radical (unpaired) electrons. The third-order valence-corrected chi connectivity index (χ3v) is 3.73. The van der Waals surface area contributed by atoms with E-state index in [2.05, 4.69) is 39.1 Å². The topological polar surface area (TPSA) is 12.0 Å². The van der Waals surface area contributed by atoms with Gasteiger partial charge in [-0.1, -0.05) is 52.7 Å². The zero-order chi connectivity index (χ0) is 15.0. The van der Waals surface area contributed by atoms with Gasteiger partial charge in [0.25, 0.3) is 0 Å². The quantitative estimate of drug-likeness (QED) is 0.672. The van der Waals surface area contributed by atoms with E-state index in [0.717, 1.165) is 25.1 Å². The highest BCUT2D eigenvalue weighted by atomic mass is 19.1. The third-order valence-electron chi connectivity index (χ3n) is 3.73. The van der Waals surface area contributed by atoms with Gasteiger partial charge in [-0.15, -0.1) is 0 Å². The highest BCUT2D eigenvalue weighted by molar-refractivity contribution is 5.21. The van der Waals surface area contributed by atoms with E-state index >= 15 is 0 Å². The van der Waals surface area contributed by atoms with Crippen molar-refractivity contribution in [2.24, 2.45) is 11.8 Å². The van der Waals surface area contributed by atoms with Crippen LogP contribution < -0.4 is 5.32 Å². The first-order valence-electron chi connectivity index (χ1n) is 7.99. The lowest BCUT2D eigenvalue weighted by Crippen LogP contribution is -2.26. The minimum Gasteiger partial charge on any atom is -0.316 e. The van der Waals surface area contributed by atoms with Crippen molar-refractivity contribution in [1.82, 2.24) is 5.32 Å². The van der Waals surface area contributed by atoms with Gasteiger partial charge in [0.1, 0.15) is 5.82 Å². The molecule has 20 heavy (non-hydrogen) atoms. The van der Waals surface area contributed by atoms with Crippen molar-refractivity contribution in [2.45, 2.75) is 52.9 Å². The van der Waals surface area contributed by atoms with E-state index in [-0.39, 0.29) is 5.82 Å². The molecule has 0 aromatic heterocycles. The van der Waals surface area contributed by atoms with Gasteiger partial charge < -0.3 is 5.32 Å². The Morgan fingerprint density at radius 1 is 1.15 bits per heavy atom.